The van der Waals surface area contributed by atoms with E-state index in [0.717, 1.165) is 5.56 Å². The van der Waals surface area contributed by atoms with Crippen LogP contribution in [-0.4, -0.2) is 29.9 Å². The first kappa shape index (κ1) is 19.8. The van der Waals surface area contributed by atoms with Gasteiger partial charge in [0.1, 0.15) is 11.4 Å². The van der Waals surface area contributed by atoms with Gasteiger partial charge < -0.3 is 15.4 Å². The number of methoxy groups -OCH3 is 1. The third-order valence-corrected chi connectivity index (χ3v) is 4.10. The largest absolute Gasteiger partial charge is 0.465 e. The molecule has 3 aromatic rings. The molecule has 7 heteroatoms. The zero-order valence-electron chi connectivity index (χ0n) is 15.9. The maximum atomic E-state index is 12.6. The van der Waals surface area contributed by atoms with Crippen molar-refractivity contribution in [2.75, 3.05) is 17.7 Å². The minimum absolute atomic E-state index is 0.0428. The number of para-hydroxylation sites is 1. The van der Waals surface area contributed by atoms with E-state index in [-0.39, 0.29) is 17.0 Å². The normalized spacial score (nSPS) is 10.1. The quantitative estimate of drug-likeness (QED) is 0.649. The first-order valence-electron chi connectivity index (χ1n) is 8.81. The van der Waals surface area contributed by atoms with Crippen LogP contribution >= 0.6 is 0 Å². The van der Waals surface area contributed by atoms with Gasteiger partial charge in [-0.1, -0.05) is 35.9 Å². The first-order valence-corrected chi connectivity index (χ1v) is 8.81. The highest BCUT2D eigenvalue weighted by Gasteiger charge is 2.16. The van der Waals surface area contributed by atoms with E-state index in [2.05, 4.69) is 15.6 Å². The smallest absolute Gasteiger partial charge is 0.339 e. The number of pyridine rings is 1. The molecule has 29 heavy (non-hydrogen) atoms. The summed E-state index contributed by atoms with van der Waals surface area (Å²) in [6.45, 7) is 1.95. The maximum Gasteiger partial charge on any atom is 0.339 e. The fraction of sp³-hybridized carbons (Fsp3) is 0.0909. The zero-order valence-corrected chi connectivity index (χ0v) is 15.9. The lowest BCUT2D eigenvalue weighted by Gasteiger charge is -2.10. The Hall–Kier alpha value is -4.00. The van der Waals surface area contributed by atoms with Gasteiger partial charge in [0.25, 0.3) is 11.8 Å². The van der Waals surface area contributed by atoms with E-state index < -0.39 is 17.8 Å². The first-order chi connectivity index (χ1) is 14.0. The van der Waals surface area contributed by atoms with Gasteiger partial charge in [-0.15, -0.1) is 0 Å². The van der Waals surface area contributed by atoms with Crippen LogP contribution in [0.3, 0.4) is 0 Å². The molecule has 0 aliphatic rings. The number of amides is 2. The highest BCUT2D eigenvalue weighted by molar-refractivity contribution is 6.08. The fourth-order valence-corrected chi connectivity index (χ4v) is 2.59. The number of benzene rings is 2. The number of hydrogen-bond donors (Lipinski definition) is 2. The molecule has 0 aliphatic carbocycles. The van der Waals surface area contributed by atoms with E-state index in [4.69, 9.17) is 4.74 Å². The minimum atomic E-state index is -0.569. The maximum absolute atomic E-state index is 12.6. The number of carbonyl (C=O) groups is 3. The summed E-state index contributed by atoms with van der Waals surface area (Å²) in [6, 6.07) is 18.4. The summed E-state index contributed by atoms with van der Waals surface area (Å²) in [4.78, 5) is 41.0. The standard InChI is InChI=1S/C22H19N3O4/c1-14-10-12-15(13-11-14)23-20(26)18-8-5-9-19(24-18)21(27)25-17-7-4-3-6-16(17)22(28)29-2/h3-13H,1-2H3,(H,23,26)(H,25,27). The molecule has 0 bridgehead atoms. The molecule has 0 aliphatic heterocycles. The second-order valence-corrected chi connectivity index (χ2v) is 6.22. The lowest BCUT2D eigenvalue weighted by molar-refractivity contribution is 0.0601. The van der Waals surface area contributed by atoms with Crippen molar-refractivity contribution >= 4 is 29.2 Å². The molecule has 2 aromatic carbocycles. The molecular formula is C22H19N3O4. The zero-order chi connectivity index (χ0) is 20.8. The van der Waals surface area contributed by atoms with Crippen molar-refractivity contribution in [2.45, 2.75) is 6.92 Å². The number of nitrogens with one attached hydrogen (secondary N) is 2. The van der Waals surface area contributed by atoms with Crippen LogP contribution in [-0.2, 0) is 4.74 Å². The second-order valence-electron chi connectivity index (χ2n) is 6.22. The van der Waals surface area contributed by atoms with Crippen molar-refractivity contribution in [3.8, 4) is 0 Å². The van der Waals surface area contributed by atoms with E-state index in [1.165, 1.54) is 19.2 Å². The van der Waals surface area contributed by atoms with Crippen LogP contribution in [0.1, 0.15) is 36.9 Å². The van der Waals surface area contributed by atoms with Gasteiger partial charge in [0.2, 0.25) is 0 Å². The molecular weight excluding hydrogens is 370 g/mol. The highest BCUT2D eigenvalue weighted by Crippen LogP contribution is 2.17. The number of carbonyl (C=O) groups excluding carboxylic acids is 3. The van der Waals surface area contributed by atoms with Gasteiger partial charge in [0, 0.05) is 5.69 Å². The molecule has 0 saturated carbocycles. The summed E-state index contributed by atoms with van der Waals surface area (Å²) in [5.41, 5.74) is 2.36. The van der Waals surface area contributed by atoms with Crippen LogP contribution in [0.15, 0.2) is 66.7 Å². The second kappa shape index (κ2) is 8.79. The predicted molar refractivity (Wildman–Crippen MR) is 109 cm³/mol. The Morgan fingerprint density at radius 3 is 2.07 bits per heavy atom. The molecule has 2 N–H and O–H groups in total. The molecule has 0 atom stereocenters. The van der Waals surface area contributed by atoms with E-state index in [1.54, 1.807) is 42.5 Å². The molecule has 7 nitrogen and oxygen atoms in total. The molecule has 3 rings (SSSR count). The number of aromatic nitrogens is 1. The molecule has 1 aromatic heterocycles. The number of esters is 1. The van der Waals surface area contributed by atoms with Crippen molar-refractivity contribution in [3.63, 3.8) is 0 Å². The number of hydrogen-bond acceptors (Lipinski definition) is 5. The van der Waals surface area contributed by atoms with Crippen LogP contribution in [0.2, 0.25) is 0 Å². The summed E-state index contributed by atoms with van der Waals surface area (Å²) in [5, 5.41) is 5.37. The van der Waals surface area contributed by atoms with Crippen molar-refractivity contribution in [1.29, 1.82) is 0 Å². The average Bonchev–Trinajstić information content (AvgIpc) is 2.75. The monoisotopic (exact) mass is 389 g/mol. The summed E-state index contributed by atoms with van der Waals surface area (Å²) in [7, 11) is 1.26. The lowest BCUT2D eigenvalue weighted by atomic mass is 10.1. The Labute approximate surface area is 167 Å². The summed E-state index contributed by atoms with van der Waals surface area (Å²) >= 11 is 0. The Morgan fingerprint density at radius 2 is 1.41 bits per heavy atom. The molecule has 0 unspecified atom stereocenters. The van der Waals surface area contributed by atoms with Gasteiger partial charge in [-0.2, -0.15) is 0 Å². The van der Waals surface area contributed by atoms with Crippen molar-refractivity contribution in [1.82, 2.24) is 4.98 Å². The highest BCUT2D eigenvalue weighted by atomic mass is 16.5. The molecule has 0 radical (unpaired) electrons. The fourth-order valence-electron chi connectivity index (χ4n) is 2.59. The molecule has 2 amide bonds. The van der Waals surface area contributed by atoms with Gasteiger partial charge in [-0.3, -0.25) is 9.59 Å². The Bertz CT molecular complexity index is 1060. The van der Waals surface area contributed by atoms with Crippen molar-refractivity contribution < 1.29 is 19.1 Å². The molecule has 0 spiro atoms. The number of rotatable bonds is 5. The van der Waals surface area contributed by atoms with Crippen LogP contribution < -0.4 is 10.6 Å². The van der Waals surface area contributed by atoms with E-state index in [0.29, 0.717) is 11.4 Å². The Kier molecular flexibility index (Phi) is 5.99. The third-order valence-electron chi connectivity index (χ3n) is 4.10. The minimum Gasteiger partial charge on any atom is -0.465 e. The van der Waals surface area contributed by atoms with Crippen LogP contribution in [0.4, 0.5) is 11.4 Å². The number of anilines is 2. The molecule has 146 valence electrons. The summed E-state index contributed by atoms with van der Waals surface area (Å²) in [6.07, 6.45) is 0. The van der Waals surface area contributed by atoms with Crippen LogP contribution in [0.25, 0.3) is 0 Å². The van der Waals surface area contributed by atoms with E-state index in [1.807, 2.05) is 19.1 Å². The van der Waals surface area contributed by atoms with Gasteiger partial charge in [-0.05, 0) is 43.3 Å². The van der Waals surface area contributed by atoms with Crippen LogP contribution in [0, 0.1) is 6.92 Å². The van der Waals surface area contributed by atoms with Crippen LogP contribution in [0.5, 0.6) is 0 Å². The van der Waals surface area contributed by atoms with Crippen molar-refractivity contribution in [2.24, 2.45) is 0 Å². The van der Waals surface area contributed by atoms with Gasteiger partial charge in [0.15, 0.2) is 0 Å². The van der Waals surface area contributed by atoms with E-state index in [9.17, 15) is 14.4 Å². The summed E-state index contributed by atoms with van der Waals surface area (Å²) < 4.78 is 4.72. The Morgan fingerprint density at radius 1 is 0.793 bits per heavy atom. The average molecular weight is 389 g/mol. The molecule has 0 saturated heterocycles. The third kappa shape index (κ3) is 4.84. The van der Waals surface area contributed by atoms with Crippen molar-refractivity contribution in [3.05, 3.63) is 89.2 Å². The van der Waals surface area contributed by atoms with E-state index >= 15 is 0 Å². The topological polar surface area (TPSA) is 97.4 Å². The SMILES string of the molecule is COC(=O)c1ccccc1NC(=O)c1cccc(C(=O)Nc2ccc(C)cc2)n1. The molecule has 1 heterocycles. The van der Waals surface area contributed by atoms with Gasteiger partial charge in [0.05, 0.1) is 18.4 Å². The number of ether oxygens (including phenoxy) is 1. The number of nitrogens with zero attached hydrogens (tertiary/aromatic N) is 1. The summed E-state index contributed by atoms with van der Waals surface area (Å²) in [5.74, 6) is -1.55. The number of aryl methyl sites for hydroxylation is 1. The molecule has 0 fully saturated rings. The Balaban J connectivity index is 1.77. The lowest BCUT2D eigenvalue weighted by Crippen LogP contribution is -2.19. The predicted octanol–water partition coefficient (Wildman–Crippen LogP) is 3.68. The van der Waals surface area contributed by atoms with Gasteiger partial charge >= 0.3 is 5.97 Å². The van der Waals surface area contributed by atoms with Gasteiger partial charge in [-0.25, -0.2) is 9.78 Å².